The van der Waals surface area contributed by atoms with Crippen molar-refractivity contribution < 1.29 is 19.4 Å². The van der Waals surface area contributed by atoms with Gasteiger partial charge in [-0.3, -0.25) is 4.79 Å². The highest BCUT2D eigenvalue weighted by molar-refractivity contribution is 7.12. The molecule has 0 aromatic carbocycles. The van der Waals surface area contributed by atoms with E-state index < -0.39 is 12.1 Å². The molecule has 0 saturated heterocycles. The fraction of sp³-hybridized carbons (Fsp3) is 0.455. The van der Waals surface area contributed by atoms with Crippen LogP contribution in [0.1, 0.15) is 22.2 Å². The van der Waals surface area contributed by atoms with Gasteiger partial charge in [-0.2, -0.15) is 0 Å². The maximum Gasteiger partial charge on any atom is 0.336 e. The highest BCUT2D eigenvalue weighted by Gasteiger charge is 2.18. The Bertz CT molecular complexity index is 402. The van der Waals surface area contributed by atoms with Gasteiger partial charge in [0, 0.05) is 0 Å². The van der Waals surface area contributed by atoms with Gasteiger partial charge in [0.1, 0.15) is 0 Å². The van der Waals surface area contributed by atoms with Crippen LogP contribution in [0.25, 0.3) is 0 Å². The van der Waals surface area contributed by atoms with E-state index in [2.05, 4.69) is 10.1 Å². The van der Waals surface area contributed by atoms with Crippen LogP contribution in [0.2, 0.25) is 0 Å². The number of aryl methyl sites for hydroxylation is 1. The Kier molecular flexibility index (Phi) is 5.11. The minimum Gasteiger partial charge on any atom is -0.467 e. The topological polar surface area (TPSA) is 75.6 Å². The summed E-state index contributed by atoms with van der Waals surface area (Å²) < 4.78 is 4.34. The zero-order valence-electron chi connectivity index (χ0n) is 9.73. The minimum absolute atomic E-state index is 0.146. The largest absolute Gasteiger partial charge is 0.467 e. The Morgan fingerprint density at radius 1 is 1.59 bits per heavy atom. The van der Waals surface area contributed by atoms with Crippen LogP contribution < -0.4 is 5.32 Å². The van der Waals surface area contributed by atoms with Crippen molar-refractivity contribution >= 4 is 23.2 Å². The Morgan fingerprint density at radius 2 is 2.29 bits per heavy atom. The standard InChI is InChI=1S/C11H15NO4S/c1-3-7-4-5-17-9(7)10(14)12-6-8(13)11(15)16-2/h4-5,8,13H,3,6H2,1-2H3,(H,12,14). The predicted molar refractivity (Wildman–Crippen MR) is 64.1 cm³/mol. The molecule has 0 aliphatic rings. The second-order valence-electron chi connectivity index (χ2n) is 3.38. The monoisotopic (exact) mass is 257 g/mol. The summed E-state index contributed by atoms with van der Waals surface area (Å²) in [4.78, 5) is 23.3. The smallest absolute Gasteiger partial charge is 0.336 e. The number of amides is 1. The third-order valence-electron chi connectivity index (χ3n) is 2.26. The van der Waals surface area contributed by atoms with Crippen molar-refractivity contribution in [3.63, 3.8) is 0 Å². The molecule has 1 unspecified atom stereocenters. The molecule has 1 atom stereocenters. The van der Waals surface area contributed by atoms with Crippen LogP contribution in [0.5, 0.6) is 0 Å². The molecule has 0 bridgehead atoms. The van der Waals surface area contributed by atoms with Gasteiger partial charge in [0.2, 0.25) is 0 Å². The molecule has 0 spiro atoms. The first-order chi connectivity index (χ1) is 8.10. The number of esters is 1. The van der Waals surface area contributed by atoms with Crippen molar-refractivity contribution in [1.29, 1.82) is 0 Å². The Hall–Kier alpha value is -1.40. The van der Waals surface area contributed by atoms with Gasteiger partial charge in [-0.25, -0.2) is 4.79 Å². The molecule has 0 saturated carbocycles. The molecule has 1 aromatic heterocycles. The van der Waals surface area contributed by atoms with Crippen LogP contribution in [-0.2, 0) is 16.0 Å². The number of carbonyl (C=O) groups excluding carboxylic acids is 2. The third kappa shape index (κ3) is 3.54. The van der Waals surface area contributed by atoms with Crippen molar-refractivity contribution in [3.8, 4) is 0 Å². The van der Waals surface area contributed by atoms with E-state index in [9.17, 15) is 14.7 Å². The predicted octanol–water partition coefficient (Wildman–Crippen LogP) is 0.574. The summed E-state index contributed by atoms with van der Waals surface area (Å²) in [7, 11) is 1.18. The second-order valence-corrected chi connectivity index (χ2v) is 4.29. The summed E-state index contributed by atoms with van der Waals surface area (Å²) in [5.74, 6) is -1.04. The van der Waals surface area contributed by atoms with Crippen molar-refractivity contribution in [2.75, 3.05) is 13.7 Å². The number of rotatable bonds is 5. The molecule has 0 aliphatic heterocycles. The molecule has 1 rings (SSSR count). The Morgan fingerprint density at radius 3 is 2.88 bits per heavy atom. The van der Waals surface area contributed by atoms with Gasteiger partial charge in [-0.05, 0) is 23.4 Å². The van der Waals surface area contributed by atoms with E-state index in [-0.39, 0.29) is 12.5 Å². The second kappa shape index (κ2) is 6.36. The lowest BCUT2D eigenvalue weighted by Crippen LogP contribution is -2.37. The average molecular weight is 257 g/mol. The van der Waals surface area contributed by atoms with Gasteiger partial charge >= 0.3 is 5.97 Å². The molecule has 5 nitrogen and oxygen atoms in total. The van der Waals surface area contributed by atoms with E-state index in [1.54, 1.807) is 0 Å². The highest BCUT2D eigenvalue weighted by atomic mass is 32.1. The minimum atomic E-state index is -1.33. The first kappa shape index (κ1) is 13.7. The van der Waals surface area contributed by atoms with E-state index in [0.717, 1.165) is 12.0 Å². The van der Waals surface area contributed by atoms with E-state index in [1.165, 1.54) is 18.4 Å². The normalized spacial score (nSPS) is 11.9. The molecule has 2 N–H and O–H groups in total. The molecule has 1 amide bonds. The third-order valence-corrected chi connectivity index (χ3v) is 3.22. The van der Waals surface area contributed by atoms with E-state index in [0.29, 0.717) is 4.88 Å². The molecule has 0 aliphatic carbocycles. The summed E-state index contributed by atoms with van der Waals surface area (Å²) in [6.45, 7) is 1.81. The van der Waals surface area contributed by atoms with Crippen LogP contribution in [-0.4, -0.2) is 36.7 Å². The number of aliphatic hydroxyl groups excluding tert-OH is 1. The number of ether oxygens (including phenoxy) is 1. The number of methoxy groups -OCH3 is 1. The summed E-state index contributed by atoms with van der Waals surface area (Å²) in [6, 6.07) is 1.89. The zero-order valence-corrected chi connectivity index (χ0v) is 10.5. The molecular weight excluding hydrogens is 242 g/mol. The number of thiophene rings is 1. The molecule has 0 fully saturated rings. The number of hydrogen-bond acceptors (Lipinski definition) is 5. The Labute approximate surface area is 103 Å². The van der Waals surface area contributed by atoms with Crippen LogP contribution in [0.15, 0.2) is 11.4 Å². The maximum absolute atomic E-state index is 11.7. The average Bonchev–Trinajstić information content (AvgIpc) is 2.82. The maximum atomic E-state index is 11.7. The van der Waals surface area contributed by atoms with Gasteiger partial charge in [0.25, 0.3) is 5.91 Å². The molecule has 0 radical (unpaired) electrons. The molecule has 6 heteroatoms. The van der Waals surface area contributed by atoms with Crippen LogP contribution >= 0.6 is 11.3 Å². The SMILES string of the molecule is CCc1ccsc1C(=O)NCC(O)C(=O)OC. The Balaban J connectivity index is 2.53. The summed E-state index contributed by atoms with van der Waals surface area (Å²) in [5, 5.41) is 13.6. The summed E-state index contributed by atoms with van der Waals surface area (Å²) in [6.07, 6.45) is -0.555. The first-order valence-electron chi connectivity index (χ1n) is 5.20. The number of hydrogen-bond donors (Lipinski definition) is 2. The van der Waals surface area contributed by atoms with E-state index in [4.69, 9.17) is 0 Å². The molecule has 94 valence electrons. The number of nitrogens with one attached hydrogen (secondary N) is 1. The van der Waals surface area contributed by atoms with Crippen molar-refractivity contribution in [3.05, 3.63) is 21.9 Å². The fourth-order valence-electron chi connectivity index (χ4n) is 1.30. The van der Waals surface area contributed by atoms with Crippen molar-refractivity contribution in [1.82, 2.24) is 5.32 Å². The molecule has 1 aromatic rings. The van der Waals surface area contributed by atoms with Crippen molar-refractivity contribution in [2.45, 2.75) is 19.4 Å². The molecule has 17 heavy (non-hydrogen) atoms. The lowest BCUT2D eigenvalue weighted by Gasteiger charge is -2.09. The van der Waals surface area contributed by atoms with E-state index in [1.807, 2.05) is 18.4 Å². The number of aliphatic hydroxyl groups is 1. The molecular formula is C11H15NO4S. The lowest BCUT2D eigenvalue weighted by atomic mass is 10.2. The van der Waals surface area contributed by atoms with Gasteiger partial charge in [0.15, 0.2) is 6.10 Å². The fourth-order valence-corrected chi connectivity index (χ4v) is 2.21. The number of carbonyl (C=O) groups is 2. The van der Waals surface area contributed by atoms with Gasteiger partial charge < -0.3 is 15.2 Å². The van der Waals surface area contributed by atoms with Crippen LogP contribution in [0.4, 0.5) is 0 Å². The zero-order chi connectivity index (χ0) is 12.8. The quantitative estimate of drug-likeness (QED) is 0.756. The highest BCUT2D eigenvalue weighted by Crippen LogP contribution is 2.16. The lowest BCUT2D eigenvalue weighted by molar-refractivity contribution is -0.149. The van der Waals surface area contributed by atoms with Crippen LogP contribution in [0, 0.1) is 0 Å². The molecule has 1 heterocycles. The van der Waals surface area contributed by atoms with Gasteiger partial charge in [-0.15, -0.1) is 11.3 Å². The van der Waals surface area contributed by atoms with Gasteiger partial charge in [0.05, 0.1) is 18.5 Å². The summed E-state index contributed by atoms with van der Waals surface area (Å²) >= 11 is 1.34. The first-order valence-corrected chi connectivity index (χ1v) is 6.08. The summed E-state index contributed by atoms with van der Waals surface area (Å²) in [5.41, 5.74) is 0.958. The van der Waals surface area contributed by atoms with E-state index >= 15 is 0 Å². The van der Waals surface area contributed by atoms with Crippen molar-refractivity contribution in [2.24, 2.45) is 0 Å². The van der Waals surface area contributed by atoms with Gasteiger partial charge in [-0.1, -0.05) is 6.92 Å². The van der Waals surface area contributed by atoms with Crippen LogP contribution in [0.3, 0.4) is 0 Å².